The van der Waals surface area contributed by atoms with Crippen LogP contribution < -0.4 is 0 Å². The molecule has 5 fully saturated rings. The molecule has 0 unspecified atom stereocenters. The van der Waals surface area contributed by atoms with E-state index in [9.17, 15) is 9.59 Å². The molecular formula is C13H10Cl4O4. The molecule has 0 heterocycles. The van der Waals surface area contributed by atoms with Crippen molar-refractivity contribution in [2.24, 2.45) is 23.7 Å². The lowest BCUT2D eigenvalue weighted by Gasteiger charge is -2.57. The Morgan fingerprint density at radius 1 is 0.714 bits per heavy atom. The molecule has 0 aromatic rings. The molecule has 114 valence electrons. The molecule has 5 aliphatic rings. The number of rotatable bonds is 2. The highest BCUT2D eigenvalue weighted by atomic mass is 35.5. The van der Waals surface area contributed by atoms with E-state index < -0.39 is 49.0 Å². The summed E-state index contributed by atoms with van der Waals surface area (Å²) in [5.74, 6) is -4.86. The largest absolute Gasteiger partial charge is 0.350 e. The lowest BCUT2D eigenvalue weighted by atomic mass is 9.57. The number of ketones is 2. The summed E-state index contributed by atoms with van der Waals surface area (Å²) >= 11 is 27.4. The van der Waals surface area contributed by atoms with Crippen molar-refractivity contribution in [1.29, 1.82) is 0 Å². The molecule has 5 aliphatic carbocycles. The number of hydrogen-bond donors (Lipinski definition) is 0. The molecule has 0 spiro atoms. The Morgan fingerprint density at radius 3 is 1.29 bits per heavy atom. The van der Waals surface area contributed by atoms with Crippen LogP contribution in [0.4, 0.5) is 0 Å². The van der Waals surface area contributed by atoms with Crippen molar-refractivity contribution in [1.82, 2.24) is 0 Å². The predicted octanol–water partition coefficient (Wildman–Crippen LogP) is 1.56. The first-order valence-corrected chi connectivity index (χ1v) is 8.13. The van der Waals surface area contributed by atoms with Crippen LogP contribution >= 0.6 is 46.4 Å². The van der Waals surface area contributed by atoms with Crippen LogP contribution in [0, 0.1) is 23.7 Å². The van der Waals surface area contributed by atoms with E-state index in [1.807, 2.05) is 0 Å². The Labute approximate surface area is 140 Å². The number of ether oxygens (including phenoxy) is 2. The number of carbonyl (C=O) groups is 2. The molecule has 8 atom stereocenters. The molecule has 0 saturated heterocycles. The third-order valence-corrected chi connectivity index (χ3v) is 10.2. The van der Waals surface area contributed by atoms with Gasteiger partial charge in [-0.05, 0) is 0 Å². The highest BCUT2D eigenvalue weighted by molar-refractivity contribution is 6.56. The summed E-state index contributed by atoms with van der Waals surface area (Å²) in [4.78, 5) is 19.9. The van der Waals surface area contributed by atoms with Crippen LogP contribution in [0.25, 0.3) is 0 Å². The second-order valence-electron chi connectivity index (χ2n) is 6.59. The highest BCUT2D eigenvalue weighted by Crippen LogP contribution is 2.95. The lowest BCUT2D eigenvalue weighted by molar-refractivity contribution is -0.224. The number of fused-ring (bicyclic) bond motifs is 2. The van der Waals surface area contributed by atoms with E-state index in [2.05, 4.69) is 0 Å². The van der Waals surface area contributed by atoms with Gasteiger partial charge < -0.3 is 9.47 Å². The van der Waals surface area contributed by atoms with Crippen molar-refractivity contribution < 1.29 is 19.1 Å². The minimum absolute atomic E-state index is 0.135. The van der Waals surface area contributed by atoms with Gasteiger partial charge in [0.15, 0.2) is 0 Å². The SMILES string of the molecule is COC1(OC)[C@@]2(Cl)[C@@H]3C(=O)[C@@H]4[C@@H]5C(=O)[C@@H]3[C@@]1(Cl)[C@@]5(Cl)[C@@]42Cl. The normalized spacial score (nSPS) is 67.3. The molecule has 0 radical (unpaired) electrons. The third-order valence-electron chi connectivity index (χ3n) is 6.73. The van der Waals surface area contributed by atoms with E-state index in [-0.39, 0.29) is 11.6 Å². The van der Waals surface area contributed by atoms with E-state index in [1.165, 1.54) is 14.2 Å². The molecule has 5 rings (SSSR count). The molecule has 2 bridgehead atoms. The van der Waals surface area contributed by atoms with Gasteiger partial charge in [0.1, 0.15) is 31.1 Å². The summed E-state index contributed by atoms with van der Waals surface area (Å²) in [5.41, 5.74) is 0. The molecule has 21 heavy (non-hydrogen) atoms. The van der Waals surface area contributed by atoms with Crippen LogP contribution in [-0.2, 0) is 19.1 Å². The monoisotopic (exact) mass is 370 g/mol. The number of methoxy groups -OCH3 is 2. The van der Waals surface area contributed by atoms with Crippen molar-refractivity contribution in [2.45, 2.75) is 25.3 Å². The Kier molecular flexibility index (Phi) is 1.99. The van der Waals surface area contributed by atoms with Gasteiger partial charge in [-0.25, -0.2) is 0 Å². The van der Waals surface area contributed by atoms with Gasteiger partial charge in [0.05, 0.1) is 23.7 Å². The molecule has 0 amide bonds. The molecule has 5 saturated carbocycles. The molecule has 0 aromatic heterocycles. The predicted molar refractivity (Wildman–Crippen MR) is 75.1 cm³/mol. The molecular weight excluding hydrogens is 362 g/mol. The van der Waals surface area contributed by atoms with Crippen LogP contribution in [0.15, 0.2) is 0 Å². The minimum Gasteiger partial charge on any atom is -0.350 e. The topological polar surface area (TPSA) is 52.6 Å². The van der Waals surface area contributed by atoms with Gasteiger partial charge in [-0.2, -0.15) is 0 Å². The second kappa shape index (κ2) is 3.03. The summed E-state index contributed by atoms with van der Waals surface area (Å²) < 4.78 is 11.2. The number of carbonyl (C=O) groups excluding carboxylic acids is 2. The van der Waals surface area contributed by atoms with Crippen molar-refractivity contribution in [3.8, 4) is 0 Å². The van der Waals surface area contributed by atoms with Gasteiger partial charge >= 0.3 is 0 Å². The minimum atomic E-state index is -1.58. The first kappa shape index (κ1) is 13.8. The van der Waals surface area contributed by atoms with Crippen LogP contribution in [0.2, 0.25) is 0 Å². The first-order chi connectivity index (χ1) is 9.68. The standard InChI is InChI=1S/C13H10Cl4O4/c1-20-13(21-2)11(16)5-6-8(19)4-3(7(5)18)9(11,14)10(4,15)12(6,13)17/h3-6H,1-2H3/t3-,4+,5-,6+,9-,10-,11+,12+/m0/s1. The fourth-order valence-electron chi connectivity index (χ4n) is 6.37. The molecule has 0 aliphatic heterocycles. The van der Waals surface area contributed by atoms with Gasteiger partial charge in [-0.3, -0.25) is 9.59 Å². The zero-order chi connectivity index (χ0) is 15.4. The summed E-state index contributed by atoms with van der Waals surface area (Å²) in [7, 11) is 2.77. The zero-order valence-corrected chi connectivity index (χ0v) is 14.0. The van der Waals surface area contributed by atoms with Crippen molar-refractivity contribution >= 4 is 58.0 Å². The molecule has 8 heteroatoms. The Bertz CT molecular complexity index is 613. The van der Waals surface area contributed by atoms with Crippen LogP contribution in [0.5, 0.6) is 0 Å². The Hall–Kier alpha value is 0.420. The van der Waals surface area contributed by atoms with Crippen molar-refractivity contribution in [3.63, 3.8) is 0 Å². The van der Waals surface area contributed by atoms with E-state index in [0.29, 0.717) is 0 Å². The maximum Gasteiger partial charge on any atom is 0.211 e. The molecule has 0 N–H and O–H groups in total. The van der Waals surface area contributed by atoms with Crippen LogP contribution in [0.1, 0.15) is 0 Å². The fourth-order valence-corrected chi connectivity index (χ4v) is 9.60. The van der Waals surface area contributed by atoms with Crippen molar-refractivity contribution in [2.75, 3.05) is 14.2 Å². The Balaban J connectivity index is 1.99. The highest BCUT2D eigenvalue weighted by Gasteiger charge is 3.12. The summed E-state index contributed by atoms with van der Waals surface area (Å²) in [5, 5.41) is 0. The number of halogens is 4. The van der Waals surface area contributed by atoms with Gasteiger partial charge in [-0.1, -0.05) is 0 Å². The number of alkyl halides is 4. The Morgan fingerprint density at radius 2 is 1.00 bits per heavy atom. The molecule has 0 aromatic carbocycles. The van der Waals surface area contributed by atoms with Crippen LogP contribution in [0.3, 0.4) is 0 Å². The van der Waals surface area contributed by atoms with Crippen LogP contribution in [-0.4, -0.2) is 51.1 Å². The maximum absolute atomic E-state index is 12.7. The van der Waals surface area contributed by atoms with E-state index >= 15 is 0 Å². The third kappa shape index (κ3) is 0.701. The fraction of sp³-hybridized carbons (Fsp3) is 0.846. The summed E-state index contributed by atoms with van der Waals surface area (Å²) in [6.45, 7) is 0. The van der Waals surface area contributed by atoms with E-state index in [4.69, 9.17) is 55.9 Å². The van der Waals surface area contributed by atoms with E-state index in [1.54, 1.807) is 0 Å². The van der Waals surface area contributed by atoms with Gasteiger partial charge in [0.2, 0.25) is 5.79 Å². The summed E-state index contributed by atoms with van der Waals surface area (Å²) in [6.07, 6.45) is 0. The second-order valence-corrected chi connectivity index (χ2v) is 8.97. The maximum atomic E-state index is 12.7. The smallest absolute Gasteiger partial charge is 0.211 e. The lowest BCUT2D eigenvalue weighted by Crippen LogP contribution is -2.73. The molecule has 4 nitrogen and oxygen atoms in total. The first-order valence-electron chi connectivity index (χ1n) is 6.61. The van der Waals surface area contributed by atoms with Crippen molar-refractivity contribution in [3.05, 3.63) is 0 Å². The summed E-state index contributed by atoms with van der Waals surface area (Å²) in [6, 6.07) is 0. The average molecular weight is 372 g/mol. The average Bonchev–Trinajstić information content (AvgIpc) is 2.73. The number of Topliss-reactive ketones (excluding diaryl/α,β-unsaturated/α-hetero) is 2. The van der Waals surface area contributed by atoms with Gasteiger partial charge in [-0.15, -0.1) is 46.4 Å². The quantitative estimate of drug-likeness (QED) is 0.546. The van der Waals surface area contributed by atoms with Gasteiger partial charge in [0, 0.05) is 14.2 Å². The van der Waals surface area contributed by atoms with E-state index in [0.717, 1.165) is 0 Å². The number of hydrogen-bond acceptors (Lipinski definition) is 4. The zero-order valence-electron chi connectivity index (χ0n) is 11.0. The van der Waals surface area contributed by atoms with Gasteiger partial charge in [0.25, 0.3) is 0 Å².